The number of amidine groups is 1. The fourth-order valence-electron chi connectivity index (χ4n) is 1.50. The van der Waals surface area contributed by atoms with Gasteiger partial charge in [0.1, 0.15) is 5.82 Å². The van der Waals surface area contributed by atoms with E-state index in [4.69, 9.17) is 10.9 Å². The molecule has 0 saturated carbocycles. The van der Waals surface area contributed by atoms with E-state index in [1.165, 1.54) is 6.07 Å². The molecule has 1 aromatic rings. The van der Waals surface area contributed by atoms with Crippen LogP contribution in [-0.4, -0.2) is 27.3 Å². The van der Waals surface area contributed by atoms with Crippen LogP contribution >= 0.6 is 0 Å². The molecule has 0 saturated heterocycles. The molecule has 0 amide bonds. The van der Waals surface area contributed by atoms with Gasteiger partial charge in [-0.15, -0.1) is 0 Å². The second-order valence-corrected chi connectivity index (χ2v) is 5.80. The normalized spacial score (nSPS) is 13.6. The van der Waals surface area contributed by atoms with Crippen LogP contribution in [0.1, 0.15) is 38.8 Å². The van der Waals surface area contributed by atoms with E-state index in [1.54, 1.807) is 26.0 Å². The Balaban J connectivity index is 2.96. The molecule has 0 aliphatic carbocycles. The zero-order chi connectivity index (χ0) is 15.6. The Labute approximate surface area is 118 Å². The smallest absolute Gasteiger partial charge is 0.173 e. The molecule has 0 radical (unpaired) electrons. The minimum Gasteiger partial charge on any atom is -0.409 e. The maximum Gasteiger partial charge on any atom is 0.173 e. The van der Waals surface area contributed by atoms with E-state index in [1.807, 2.05) is 13.8 Å². The first-order valence-corrected chi connectivity index (χ1v) is 6.33. The van der Waals surface area contributed by atoms with Crippen molar-refractivity contribution in [2.45, 2.75) is 45.4 Å². The van der Waals surface area contributed by atoms with Gasteiger partial charge in [-0.3, -0.25) is 0 Å². The van der Waals surface area contributed by atoms with E-state index in [9.17, 15) is 9.50 Å². The van der Waals surface area contributed by atoms with Crippen molar-refractivity contribution in [3.8, 4) is 0 Å². The fourth-order valence-corrected chi connectivity index (χ4v) is 1.50. The first-order chi connectivity index (χ1) is 9.10. The standard InChI is InChI=1S/C14H22FN3O2/c1-13(2,14(3,4)19)17-8-9-6-5-7-10(11(9)15)12(16)18-20/h5-7,17,19-20H,8H2,1-4H3,(H2,16,18). The van der Waals surface area contributed by atoms with Gasteiger partial charge in [0.05, 0.1) is 11.2 Å². The summed E-state index contributed by atoms with van der Waals surface area (Å²) < 4.78 is 14.2. The number of halogens is 1. The molecule has 0 aromatic heterocycles. The van der Waals surface area contributed by atoms with Gasteiger partial charge in [0.25, 0.3) is 0 Å². The third-order valence-corrected chi connectivity index (χ3v) is 3.71. The first-order valence-electron chi connectivity index (χ1n) is 6.33. The molecule has 5 N–H and O–H groups in total. The molecule has 0 unspecified atom stereocenters. The van der Waals surface area contributed by atoms with Crippen LogP contribution in [0.15, 0.2) is 23.4 Å². The highest BCUT2D eigenvalue weighted by atomic mass is 19.1. The summed E-state index contributed by atoms with van der Waals surface area (Å²) in [5.74, 6) is -0.812. The summed E-state index contributed by atoms with van der Waals surface area (Å²) in [4.78, 5) is 0. The van der Waals surface area contributed by atoms with E-state index in [2.05, 4.69) is 10.5 Å². The molecule has 0 aliphatic heterocycles. The average Bonchev–Trinajstić information content (AvgIpc) is 2.35. The van der Waals surface area contributed by atoms with Crippen molar-refractivity contribution in [2.75, 3.05) is 0 Å². The van der Waals surface area contributed by atoms with E-state index in [-0.39, 0.29) is 17.9 Å². The lowest BCUT2D eigenvalue weighted by Gasteiger charge is -2.38. The van der Waals surface area contributed by atoms with Crippen LogP contribution in [0.25, 0.3) is 0 Å². The van der Waals surface area contributed by atoms with Crippen molar-refractivity contribution in [3.63, 3.8) is 0 Å². The summed E-state index contributed by atoms with van der Waals surface area (Å²) in [5, 5.41) is 24.6. The van der Waals surface area contributed by atoms with Crippen LogP contribution in [0.2, 0.25) is 0 Å². The maximum absolute atomic E-state index is 14.2. The predicted molar refractivity (Wildman–Crippen MR) is 76.1 cm³/mol. The Kier molecular flexibility index (Phi) is 4.73. The molecular formula is C14H22FN3O2. The lowest BCUT2D eigenvalue weighted by molar-refractivity contribution is -0.00543. The summed E-state index contributed by atoms with van der Waals surface area (Å²) in [6.45, 7) is 7.25. The van der Waals surface area contributed by atoms with Crippen LogP contribution in [0, 0.1) is 5.82 Å². The highest BCUT2D eigenvalue weighted by molar-refractivity contribution is 5.97. The lowest BCUT2D eigenvalue weighted by Crippen LogP contribution is -2.55. The quantitative estimate of drug-likeness (QED) is 0.286. The molecule has 0 spiro atoms. The number of aliphatic hydroxyl groups is 1. The molecule has 112 valence electrons. The fraction of sp³-hybridized carbons (Fsp3) is 0.500. The second-order valence-electron chi connectivity index (χ2n) is 5.80. The van der Waals surface area contributed by atoms with Gasteiger partial charge in [0, 0.05) is 17.6 Å². The molecule has 5 nitrogen and oxygen atoms in total. The Morgan fingerprint density at radius 1 is 1.35 bits per heavy atom. The molecule has 0 atom stereocenters. The monoisotopic (exact) mass is 283 g/mol. The molecule has 6 heteroatoms. The van der Waals surface area contributed by atoms with Crippen molar-refractivity contribution in [1.82, 2.24) is 5.32 Å². The average molecular weight is 283 g/mol. The molecule has 20 heavy (non-hydrogen) atoms. The van der Waals surface area contributed by atoms with E-state index in [0.717, 1.165) is 0 Å². The van der Waals surface area contributed by atoms with Crippen LogP contribution in [-0.2, 0) is 6.54 Å². The lowest BCUT2D eigenvalue weighted by atomic mass is 9.86. The summed E-state index contributed by atoms with van der Waals surface area (Å²) >= 11 is 0. The van der Waals surface area contributed by atoms with E-state index >= 15 is 0 Å². The summed E-state index contributed by atoms with van der Waals surface area (Å²) in [5.41, 5.74) is 4.27. The topological polar surface area (TPSA) is 90.9 Å². The Morgan fingerprint density at radius 2 is 1.95 bits per heavy atom. The second kappa shape index (κ2) is 5.76. The Morgan fingerprint density at radius 3 is 2.45 bits per heavy atom. The van der Waals surface area contributed by atoms with E-state index < -0.39 is 17.0 Å². The molecule has 0 bridgehead atoms. The third kappa shape index (κ3) is 3.46. The third-order valence-electron chi connectivity index (χ3n) is 3.71. The number of nitrogens with one attached hydrogen (secondary N) is 1. The van der Waals surface area contributed by atoms with Crippen molar-refractivity contribution < 1.29 is 14.7 Å². The highest BCUT2D eigenvalue weighted by Gasteiger charge is 2.34. The maximum atomic E-state index is 14.2. The van der Waals surface area contributed by atoms with Crippen molar-refractivity contribution in [1.29, 1.82) is 0 Å². The van der Waals surface area contributed by atoms with Gasteiger partial charge in [0.15, 0.2) is 5.84 Å². The summed E-state index contributed by atoms with van der Waals surface area (Å²) in [6.07, 6.45) is 0. The van der Waals surface area contributed by atoms with Gasteiger partial charge < -0.3 is 21.4 Å². The predicted octanol–water partition coefficient (Wildman–Crippen LogP) is 1.56. The highest BCUT2D eigenvalue weighted by Crippen LogP contribution is 2.22. The number of nitrogens with two attached hydrogens (primary N) is 1. The number of hydrogen-bond acceptors (Lipinski definition) is 4. The zero-order valence-corrected chi connectivity index (χ0v) is 12.2. The molecule has 0 aliphatic rings. The Hall–Kier alpha value is -1.66. The van der Waals surface area contributed by atoms with Crippen molar-refractivity contribution >= 4 is 5.84 Å². The van der Waals surface area contributed by atoms with Crippen LogP contribution in [0.3, 0.4) is 0 Å². The van der Waals surface area contributed by atoms with E-state index in [0.29, 0.717) is 5.56 Å². The Bertz CT molecular complexity index is 508. The number of hydrogen-bond donors (Lipinski definition) is 4. The molecule has 0 heterocycles. The molecule has 1 aromatic carbocycles. The van der Waals surface area contributed by atoms with Crippen LogP contribution in [0.5, 0.6) is 0 Å². The van der Waals surface area contributed by atoms with Crippen LogP contribution in [0.4, 0.5) is 4.39 Å². The number of nitrogens with zero attached hydrogens (tertiary/aromatic N) is 1. The number of rotatable bonds is 5. The van der Waals surface area contributed by atoms with Gasteiger partial charge in [-0.1, -0.05) is 17.3 Å². The SMILES string of the molecule is CC(C)(O)C(C)(C)NCc1cccc(/C(N)=N/O)c1F. The number of benzene rings is 1. The zero-order valence-electron chi connectivity index (χ0n) is 12.2. The van der Waals surface area contributed by atoms with Gasteiger partial charge >= 0.3 is 0 Å². The van der Waals surface area contributed by atoms with Crippen LogP contribution < -0.4 is 11.1 Å². The molecular weight excluding hydrogens is 261 g/mol. The van der Waals surface area contributed by atoms with Gasteiger partial charge in [-0.05, 0) is 33.8 Å². The van der Waals surface area contributed by atoms with Gasteiger partial charge in [0.2, 0.25) is 0 Å². The minimum absolute atomic E-state index is 0.0489. The van der Waals surface area contributed by atoms with Gasteiger partial charge in [-0.2, -0.15) is 0 Å². The summed E-state index contributed by atoms with van der Waals surface area (Å²) in [7, 11) is 0. The van der Waals surface area contributed by atoms with Gasteiger partial charge in [-0.25, -0.2) is 4.39 Å². The first kappa shape index (κ1) is 16.4. The van der Waals surface area contributed by atoms with Crippen molar-refractivity contribution in [2.24, 2.45) is 10.9 Å². The number of oxime groups is 1. The molecule has 1 rings (SSSR count). The minimum atomic E-state index is -0.966. The summed E-state index contributed by atoms with van der Waals surface area (Å²) in [6, 6.07) is 4.68. The molecule has 0 fully saturated rings. The van der Waals surface area contributed by atoms with Crippen molar-refractivity contribution in [3.05, 3.63) is 35.1 Å². The largest absolute Gasteiger partial charge is 0.409 e.